The van der Waals surface area contributed by atoms with Crippen LogP contribution in [0.3, 0.4) is 0 Å². The standard InChI is InChI=1S/C34H34ClF3N6O4/c1-3-4-19(2)30(46)42-14-13-33(22-6-8-25(22)42)12-9-26-28(33)31(47)44-32(40-29(41-44)20-10-15-48-16-11-20)43(26)18-27(45)39-24-7-5-21(17-23(24)35)34(36,37)38/h3-5,7,10,17,22,25H,2,6,8-9,11-16,18H2,1H3,(H,39,45)/b4-3-. The van der Waals surface area contributed by atoms with Crippen molar-refractivity contribution in [3.05, 3.63) is 86.6 Å². The number of carbonyl (C=O) groups excluding carboxylic acids is 2. The number of nitrogens with one attached hydrogen (secondary N) is 1. The molecule has 2 aliphatic heterocycles. The third kappa shape index (κ3) is 5.27. The Hall–Kier alpha value is -4.23. The van der Waals surface area contributed by atoms with Crippen LogP contribution in [0.4, 0.5) is 18.9 Å². The number of rotatable bonds is 6. The van der Waals surface area contributed by atoms with E-state index in [-0.39, 0.29) is 46.5 Å². The minimum Gasteiger partial charge on any atom is -0.377 e. The fourth-order valence-corrected chi connectivity index (χ4v) is 8.21. The first-order valence-electron chi connectivity index (χ1n) is 16.0. The predicted molar refractivity (Wildman–Crippen MR) is 173 cm³/mol. The minimum absolute atomic E-state index is 0.0308. The van der Waals surface area contributed by atoms with Gasteiger partial charge in [0.15, 0.2) is 5.82 Å². The summed E-state index contributed by atoms with van der Waals surface area (Å²) in [4.78, 5) is 47.9. The second kappa shape index (κ2) is 12.0. The summed E-state index contributed by atoms with van der Waals surface area (Å²) in [7, 11) is 0. The maximum absolute atomic E-state index is 14.5. The number of hydrogen-bond acceptors (Lipinski definition) is 6. The third-order valence-electron chi connectivity index (χ3n) is 10.3. The molecule has 1 saturated heterocycles. The Bertz CT molecular complexity index is 1980. The highest BCUT2D eigenvalue weighted by Gasteiger charge is 2.58. The molecule has 3 aromatic rings. The largest absolute Gasteiger partial charge is 0.416 e. The van der Waals surface area contributed by atoms with Gasteiger partial charge in [-0.25, -0.2) is 0 Å². The maximum Gasteiger partial charge on any atom is 0.416 e. The van der Waals surface area contributed by atoms with Gasteiger partial charge in [0.25, 0.3) is 11.5 Å². The Morgan fingerprint density at radius 1 is 1.23 bits per heavy atom. The number of halogens is 4. The van der Waals surface area contributed by atoms with Crippen molar-refractivity contribution in [3.8, 4) is 0 Å². The number of ether oxygens (including phenoxy) is 1. The average molecular weight is 683 g/mol. The van der Waals surface area contributed by atoms with E-state index in [4.69, 9.17) is 21.3 Å². The Labute approximate surface area is 278 Å². The quantitative estimate of drug-likeness (QED) is 0.278. The van der Waals surface area contributed by atoms with E-state index >= 15 is 0 Å². The lowest BCUT2D eigenvalue weighted by Crippen LogP contribution is -2.63. The van der Waals surface area contributed by atoms with Crippen LogP contribution >= 0.6 is 11.6 Å². The summed E-state index contributed by atoms with van der Waals surface area (Å²) in [6.07, 6.45) is 4.78. The second-order valence-electron chi connectivity index (χ2n) is 12.8. The van der Waals surface area contributed by atoms with Crippen LogP contribution < -0.4 is 10.9 Å². The van der Waals surface area contributed by atoms with Gasteiger partial charge >= 0.3 is 6.18 Å². The number of benzene rings is 1. The SMILES string of the molecule is C=C(/C=C\C)C(=O)N1CCC2(CCc3c2c(=O)n2nc(C4=CCOCC4)nc2n3CC(=O)Nc2ccc(C(F)(F)F)cc2Cl)C2CCC21. The lowest BCUT2D eigenvalue weighted by atomic mass is 9.56. The van der Waals surface area contributed by atoms with Crippen LogP contribution in [-0.2, 0) is 38.9 Å². The number of amides is 2. The van der Waals surface area contributed by atoms with E-state index in [0.717, 1.165) is 36.6 Å². The number of anilines is 1. The van der Waals surface area contributed by atoms with Crippen LogP contribution in [-0.4, -0.2) is 61.7 Å². The van der Waals surface area contributed by atoms with E-state index in [9.17, 15) is 27.6 Å². The molecule has 252 valence electrons. The van der Waals surface area contributed by atoms with E-state index in [1.807, 2.05) is 17.9 Å². The molecular formula is C34H34ClF3N6O4. The number of carbonyl (C=O) groups is 2. The molecule has 7 rings (SSSR count). The van der Waals surface area contributed by atoms with Gasteiger partial charge in [-0.15, -0.1) is 5.10 Å². The predicted octanol–water partition coefficient (Wildman–Crippen LogP) is 5.33. The van der Waals surface area contributed by atoms with Crippen molar-refractivity contribution in [2.24, 2.45) is 5.92 Å². The van der Waals surface area contributed by atoms with E-state index in [1.165, 1.54) is 4.52 Å². The van der Waals surface area contributed by atoms with Crippen molar-refractivity contribution in [2.45, 2.75) is 69.6 Å². The van der Waals surface area contributed by atoms with Crippen molar-refractivity contribution >= 4 is 40.5 Å². The number of likely N-dealkylation sites (tertiary alicyclic amines) is 1. The number of allylic oxidation sites excluding steroid dienone is 1. The van der Waals surface area contributed by atoms with Crippen molar-refractivity contribution in [2.75, 3.05) is 25.1 Å². The summed E-state index contributed by atoms with van der Waals surface area (Å²) < 4.78 is 48.0. The first kappa shape index (κ1) is 32.3. The second-order valence-corrected chi connectivity index (χ2v) is 13.2. The van der Waals surface area contributed by atoms with Crippen LogP contribution in [0, 0.1) is 5.92 Å². The highest BCUT2D eigenvalue weighted by molar-refractivity contribution is 6.33. The number of nitrogens with zero attached hydrogens (tertiary/aromatic N) is 5. The number of piperidine rings is 1. The molecule has 1 N–H and O–H groups in total. The van der Waals surface area contributed by atoms with Gasteiger partial charge in [0.2, 0.25) is 11.7 Å². The van der Waals surface area contributed by atoms with E-state index < -0.39 is 23.1 Å². The van der Waals surface area contributed by atoms with Crippen LogP contribution in [0.25, 0.3) is 11.4 Å². The normalized spacial score (nSPS) is 23.6. The Balaban J connectivity index is 1.28. The number of aromatic nitrogens is 4. The number of fused-ring (bicyclic) bond motifs is 5. The lowest BCUT2D eigenvalue weighted by molar-refractivity contribution is -0.140. The van der Waals surface area contributed by atoms with Gasteiger partial charge in [0, 0.05) is 34.8 Å². The third-order valence-corrected chi connectivity index (χ3v) is 10.6. The van der Waals surface area contributed by atoms with Crippen molar-refractivity contribution < 1.29 is 27.5 Å². The molecule has 2 fully saturated rings. The summed E-state index contributed by atoms with van der Waals surface area (Å²) in [6.45, 7) is 6.86. The van der Waals surface area contributed by atoms with Crippen molar-refractivity contribution in [1.29, 1.82) is 0 Å². The van der Waals surface area contributed by atoms with Crippen LogP contribution in [0.2, 0.25) is 5.02 Å². The zero-order valence-electron chi connectivity index (χ0n) is 26.3. The van der Waals surface area contributed by atoms with E-state index in [0.29, 0.717) is 68.1 Å². The molecule has 0 bridgehead atoms. The molecule has 2 amide bonds. The molecule has 14 heteroatoms. The molecule has 48 heavy (non-hydrogen) atoms. The van der Waals surface area contributed by atoms with E-state index in [2.05, 4.69) is 17.0 Å². The molecule has 4 heterocycles. The van der Waals surface area contributed by atoms with Gasteiger partial charge in [0.1, 0.15) is 6.54 Å². The summed E-state index contributed by atoms with van der Waals surface area (Å²) in [5, 5.41) is 7.03. The Kier molecular flexibility index (Phi) is 8.10. The zero-order valence-corrected chi connectivity index (χ0v) is 27.0. The van der Waals surface area contributed by atoms with Gasteiger partial charge in [-0.2, -0.15) is 22.7 Å². The number of hydrogen-bond donors (Lipinski definition) is 1. The van der Waals surface area contributed by atoms with Crippen molar-refractivity contribution in [1.82, 2.24) is 24.1 Å². The van der Waals surface area contributed by atoms with Gasteiger partial charge in [-0.3, -0.25) is 14.4 Å². The zero-order chi connectivity index (χ0) is 34.0. The van der Waals surface area contributed by atoms with E-state index in [1.54, 1.807) is 16.7 Å². The fourth-order valence-electron chi connectivity index (χ4n) is 7.99. The molecule has 0 radical (unpaired) electrons. The van der Waals surface area contributed by atoms with Crippen LogP contribution in [0.15, 0.2) is 53.4 Å². The summed E-state index contributed by atoms with van der Waals surface area (Å²) in [5.41, 5.74) is 0.847. The van der Waals surface area contributed by atoms with Gasteiger partial charge < -0.3 is 19.5 Å². The Morgan fingerprint density at radius 3 is 2.71 bits per heavy atom. The smallest absolute Gasteiger partial charge is 0.377 e. The first-order valence-corrected chi connectivity index (χ1v) is 16.4. The molecule has 10 nitrogen and oxygen atoms in total. The lowest BCUT2D eigenvalue weighted by Gasteiger charge is -2.57. The van der Waals surface area contributed by atoms with Crippen LogP contribution in [0.1, 0.15) is 61.7 Å². The van der Waals surface area contributed by atoms with Gasteiger partial charge in [-0.1, -0.05) is 36.4 Å². The molecular weight excluding hydrogens is 649 g/mol. The first-order chi connectivity index (χ1) is 22.9. The van der Waals surface area contributed by atoms with Gasteiger partial charge in [-0.05, 0) is 75.1 Å². The molecule has 2 aliphatic carbocycles. The molecule has 1 saturated carbocycles. The fraction of sp³-hybridized carbons (Fsp3) is 0.441. The van der Waals surface area contributed by atoms with Crippen molar-refractivity contribution in [3.63, 3.8) is 0 Å². The molecule has 4 aliphatic rings. The summed E-state index contributed by atoms with van der Waals surface area (Å²) >= 11 is 6.14. The minimum atomic E-state index is -4.58. The molecule has 1 spiro atoms. The maximum atomic E-state index is 14.5. The summed E-state index contributed by atoms with van der Waals surface area (Å²) in [6, 6.07) is 2.70. The summed E-state index contributed by atoms with van der Waals surface area (Å²) in [5.74, 6) is -0.0307. The number of alkyl halides is 3. The molecule has 3 atom stereocenters. The molecule has 1 aromatic carbocycles. The highest BCUT2D eigenvalue weighted by Crippen LogP contribution is 2.56. The highest BCUT2D eigenvalue weighted by atomic mass is 35.5. The topological polar surface area (TPSA) is 111 Å². The monoisotopic (exact) mass is 682 g/mol. The molecule has 3 unspecified atom stereocenters. The Morgan fingerprint density at radius 2 is 2.04 bits per heavy atom. The van der Waals surface area contributed by atoms with Crippen LogP contribution in [0.5, 0.6) is 0 Å². The molecule has 2 aromatic heterocycles. The van der Waals surface area contributed by atoms with Gasteiger partial charge in [0.05, 0.1) is 29.5 Å². The average Bonchev–Trinajstić information content (AvgIpc) is 3.64.